The quantitative estimate of drug-likeness (QED) is 0.269. The minimum Gasteiger partial charge on any atom is -0.356 e. The number of para-hydroxylation sites is 1. The van der Waals surface area contributed by atoms with E-state index in [4.69, 9.17) is 0 Å². The van der Waals surface area contributed by atoms with E-state index in [2.05, 4.69) is 21.4 Å². The lowest BCUT2D eigenvalue weighted by molar-refractivity contribution is -0.181. The van der Waals surface area contributed by atoms with Crippen LogP contribution in [0.15, 0.2) is 29.3 Å². The topological polar surface area (TPSA) is 43.8 Å². The molecule has 1 aliphatic heterocycles. The minimum absolute atomic E-state index is 0. The molecule has 1 unspecified atom stereocenters. The summed E-state index contributed by atoms with van der Waals surface area (Å²) in [4.78, 5) is 12.4. The maximum absolute atomic E-state index is 12.9. The number of piperazine rings is 1. The molecule has 1 aliphatic rings. The highest BCUT2D eigenvalue weighted by molar-refractivity contribution is 14.0. The number of nitrogens with zero attached hydrogens (tertiary/aromatic N) is 4. The Morgan fingerprint density at radius 3 is 2.55 bits per heavy atom. The molecule has 1 saturated heterocycles. The van der Waals surface area contributed by atoms with E-state index in [0.29, 0.717) is 26.2 Å². The summed E-state index contributed by atoms with van der Waals surface area (Å²) >= 11 is 1.72. The van der Waals surface area contributed by atoms with Gasteiger partial charge in [0.2, 0.25) is 0 Å². The van der Waals surface area contributed by atoms with Crippen molar-refractivity contribution >= 4 is 51.5 Å². The van der Waals surface area contributed by atoms with Crippen molar-refractivity contribution < 1.29 is 13.2 Å². The minimum atomic E-state index is -4.18. The Morgan fingerprint density at radius 2 is 1.93 bits per heavy atom. The van der Waals surface area contributed by atoms with Gasteiger partial charge in [-0.05, 0) is 25.5 Å². The Hall–Kier alpha value is -1.14. The van der Waals surface area contributed by atoms with Crippen LogP contribution in [-0.4, -0.2) is 72.7 Å². The number of thiazole rings is 1. The second-order valence-electron chi connectivity index (χ2n) is 6.89. The molecule has 1 aromatic heterocycles. The van der Waals surface area contributed by atoms with E-state index >= 15 is 0 Å². The van der Waals surface area contributed by atoms with Gasteiger partial charge in [0.1, 0.15) is 6.04 Å². The highest BCUT2D eigenvalue weighted by Crippen LogP contribution is 2.25. The van der Waals surface area contributed by atoms with Crippen LogP contribution >= 0.6 is 35.3 Å². The monoisotopic (exact) mass is 541 g/mol. The zero-order chi connectivity index (χ0) is 20.1. The van der Waals surface area contributed by atoms with Gasteiger partial charge in [-0.3, -0.25) is 9.89 Å². The van der Waals surface area contributed by atoms with Crippen LogP contribution in [0, 0.1) is 0 Å². The third kappa shape index (κ3) is 6.42. The summed E-state index contributed by atoms with van der Waals surface area (Å²) in [5.41, 5.74) is 1.04. The molecule has 1 N–H and O–H groups in total. The average Bonchev–Trinajstić information content (AvgIpc) is 3.10. The highest BCUT2D eigenvalue weighted by atomic mass is 127. The molecular weight excluding hydrogens is 514 g/mol. The molecule has 29 heavy (non-hydrogen) atoms. The van der Waals surface area contributed by atoms with Crippen molar-refractivity contribution in [3.8, 4) is 0 Å². The summed E-state index contributed by atoms with van der Waals surface area (Å²) < 4.78 is 39.8. The van der Waals surface area contributed by atoms with Crippen LogP contribution in [0.4, 0.5) is 13.2 Å². The van der Waals surface area contributed by atoms with Gasteiger partial charge in [0.05, 0.1) is 15.2 Å². The molecule has 0 bridgehead atoms. The van der Waals surface area contributed by atoms with Gasteiger partial charge in [0, 0.05) is 46.2 Å². The molecule has 162 valence electrons. The lowest BCUT2D eigenvalue weighted by atomic mass is 10.2. The van der Waals surface area contributed by atoms with Crippen molar-refractivity contribution in [3.05, 3.63) is 29.3 Å². The van der Waals surface area contributed by atoms with Crippen molar-refractivity contribution in [2.24, 2.45) is 4.99 Å². The number of hydrogen-bond acceptors (Lipinski definition) is 4. The van der Waals surface area contributed by atoms with E-state index in [1.165, 1.54) is 16.5 Å². The molecule has 10 heteroatoms. The Morgan fingerprint density at radius 1 is 1.24 bits per heavy atom. The van der Waals surface area contributed by atoms with Crippen LogP contribution < -0.4 is 5.32 Å². The first-order valence-electron chi connectivity index (χ1n) is 9.49. The van der Waals surface area contributed by atoms with Crippen molar-refractivity contribution in [2.75, 3.05) is 39.8 Å². The Balaban J connectivity index is 0.00000300. The number of guanidine groups is 1. The van der Waals surface area contributed by atoms with Crippen molar-refractivity contribution in [1.82, 2.24) is 20.1 Å². The zero-order valence-corrected chi connectivity index (χ0v) is 19.7. The fraction of sp³-hybridized carbons (Fsp3) is 0.579. The zero-order valence-electron chi connectivity index (χ0n) is 16.6. The van der Waals surface area contributed by atoms with Crippen LogP contribution in [0.2, 0.25) is 0 Å². The van der Waals surface area contributed by atoms with Crippen LogP contribution in [0.5, 0.6) is 0 Å². The van der Waals surface area contributed by atoms with E-state index in [9.17, 15) is 13.2 Å². The summed E-state index contributed by atoms with van der Waals surface area (Å²) in [6.07, 6.45) is -2.37. The molecule has 0 amide bonds. The Kier molecular flexibility index (Phi) is 8.95. The molecule has 2 aromatic rings. The number of benzene rings is 1. The number of aryl methyl sites for hydroxylation is 1. The molecule has 1 aromatic carbocycles. The van der Waals surface area contributed by atoms with Crippen LogP contribution in [0.3, 0.4) is 0 Å². The predicted molar refractivity (Wildman–Crippen MR) is 123 cm³/mol. The van der Waals surface area contributed by atoms with Gasteiger partial charge in [-0.2, -0.15) is 13.2 Å². The van der Waals surface area contributed by atoms with Crippen molar-refractivity contribution in [3.63, 3.8) is 0 Å². The summed E-state index contributed by atoms with van der Waals surface area (Å²) in [5, 5.41) is 4.45. The van der Waals surface area contributed by atoms with Crippen molar-refractivity contribution in [2.45, 2.75) is 32.0 Å². The first-order chi connectivity index (χ1) is 13.4. The second kappa shape index (κ2) is 10.8. The summed E-state index contributed by atoms with van der Waals surface area (Å²) in [5.74, 6) is 0.753. The van der Waals surface area contributed by atoms with Gasteiger partial charge in [-0.25, -0.2) is 4.98 Å². The highest BCUT2D eigenvalue weighted by Gasteiger charge is 2.41. The van der Waals surface area contributed by atoms with Crippen LogP contribution in [0.1, 0.15) is 18.4 Å². The maximum atomic E-state index is 12.9. The SMILES string of the molecule is CN=C(NCCCc1nc2ccccc2s1)N1CCN(C(C)C(F)(F)F)CC1.I. The molecule has 0 saturated carbocycles. The van der Waals surface area contributed by atoms with Gasteiger partial charge in [0.15, 0.2) is 5.96 Å². The van der Waals surface area contributed by atoms with Gasteiger partial charge in [0.25, 0.3) is 0 Å². The van der Waals surface area contributed by atoms with E-state index in [0.717, 1.165) is 35.9 Å². The number of aliphatic imine (C=N–C) groups is 1. The lowest BCUT2D eigenvalue weighted by Crippen LogP contribution is -2.56. The third-order valence-corrected chi connectivity index (χ3v) is 6.13. The molecule has 5 nitrogen and oxygen atoms in total. The predicted octanol–water partition coefficient (Wildman–Crippen LogP) is 3.99. The largest absolute Gasteiger partial charge is 0.403 e. The van der Waals surface area contributed by atoms with Gasteiger partial charge >= 0.3 is 6.18 Å². The Labute approximate surface area is 190 Å². The van der Waals surface area contributed by atoms with E-state index < -0.39 is 12.2 Å². The molecule has 0 aliphatic carbocycles. The number of fused-ring (bicyclic) bond motifs is 1. The first-order valence-corrected chi connectivity index (χ1v) is 10.3. The molecule has 0 spiro atoms. The molecule has 1 fully saturated rings. The van der Waals surface area contributed by atoms with Crippen LogP contribution in [-0.2, 0) is 6.42 Å². The maximum Gasteiger partial charge on any atom is 0.403 e. The summed E-state index contributed by atoms with van der Waals surface area (Å²) in [6.45, 7) is 3.82. The summed E-state index contributed by atoms with van der Waals surface area (Å²) in [6, 6.07) is 6.71. The molecule has 3 rings (SSSR count). The normalized spacial score (nSPS) is 17.3. The lowest BCUT2D eigenvalue weighted by Gasteiger charge is -2.39. The number of alkyl halides is 3. The smallest absolute Gasteiger partial charge is 0.356 e. The third-order valence-electron chi connectivity index (χ3n) is 5.04. The number of halogens is 4. The molecular formula is C19H27F3IN5S. The molecule has 2 heterocycles. The van der Waals surface area contributed by atoms with Gasteiger partial charge in [-0.1, -0.05) is 12.1 Å². The number of hydrogen-bond donors (Lipinski definition) is 1. The molecule has 0 radical (unpaired) electrons. The van der Waals surface area contributed by atoms with Gasteiger partial charge in [-0.15, -0.1) is 35.3 Å². The van der Waals surface area contributed by atoms with E-state index in [-0.39, 0.29) is 24.0 Å². The first kappa shape index (κ1) is 24.1. The van der Waals surface area contributed by atoms with E-state index in [1.807, 2.05) is 23.1 Å². The Bertz CT molecular complexity index is 769. The fourth-order valence-corrected chi connectivity index (χ4v) is 4.34. The molecule has 1 atom stereocenters. The standard InChI is InChI=1S/C19H26F3N5S.HI/c1-14(19(20,21)22)26-10-12-27(13-11-26)18(23-2)24-9-5-8-17-25-15-6-3-4-7-16(15)28-17;/h3-4,6-7,14H,5,8-13H2,1-2H3,(H,23,24);1H. The second-order valence-corrected chi connectivity index (χ2v) is 8.01. The van der Waals surface area contributed by atoms with Crippen LogP contribution in [0.25, 0.3) is 10.2 Å². The summed E-state index contributed by atoms with van der Waals surface area (Å²) in [7, 11) is 1.71. The van der Waals surface area contributed by atoms with Crippen molar-refractivity contribution in [1.29, 1.82) is 0 Å². The fourth-order valence-electron chi connectivity index (χ4n) is 3.33. The number of nitrogens with one attached hydrogen (secondary N) is 1. The average molecular weight is 541 g/mol. The van der Waals surface area contributed by atoms with E-state index in [1.54, 1.807) is 18.4 Å². The number of rotatable bonds is 5. The van der Waals surface area contributed by atoms with Gasteiger partial charge < -0.3 is 10.2 Å². The number of aromatic nitrogens is 1.